The zero-order valence-corrected chi connectivity index (χ0v) is 28.4. The van der Waals surface area contributed by atoms with E-state index in [9.17, 15) is 48.6 Å². The number of hydrogen-bond acceptors (Lipinski definition) is 10. The predicted octanol–water partition coefficient (Wildman–Crippen LogP) is 0.350. The van der Waals surface area contributed by atoms with Gasteiger partial charge in [-0.3, -0.25) is 33.6 Å². The molecule has 0 aliphatic carbocycles. The van der Waals surface area contributed by atoms with E-state index in [2.05, 4.69) is 36.6 Å². The summed E-state index contributed by atoms with van der Waals surface area (Å²) in [5.41, 5.74) is 0.679. The zero-order valence-electron chi connectivity index (χ0n) is 28.4. The van der Waals surface area contributed by atoms with Crippen LogP contribution in [-0.2, 0) is 40.0 Å². The molecule has 3 rings (SSSR count). The molecule has 0 saturated heterocycles. The maximum atomic E-state index is 13.7. The summed E-state index contributed by atoms with van der Waals surface area (Å²) in [5, 5.41) is 31.7. The van der Waals surface area contributed by atoms with Crippen LogP contribution in [0.4, 0.5) is 5.69 Å². The molecule has 18 nitrogen and oxygen atoms in total. The lowest BCUT2D eigenvalue weighted by Gasteiger charge is -2.26. The predicted molar refractivity (Wildman–Crippen MR) is 180 cm³/mol. The van der Waals surface area contributed by atoms with E-state index in [0.717, 1.165) is 0 Å². The lowest BCUT2D eigenvalue weighted by atomic mass is 10.0. The topological polar surface area (TPSA) is 279 Å². The molecular formula is C33H41N7O11. The number of carboxylic acids is 2. The van der Waals surface area contributed by atoms with E-state index in [4.69, 9.17) is 4.42 Å². The van der Waals surface area contributed by atoms with Gasteiger partial charge in [0.25, 0.3) is 0 Å². The minimum absolute atomic E-state index is 0.0385. The number of carbonyl (C=O) groups excluding carboxylic acids is 5. The van der Waals surface area contributed by atoms with Crippen molar-refractivity contribution in [2.75, 3.05) is 5.32 Å². The summed E-state index contributed by atoms with van der Waals surface area (Å²) in [6.07, 6.45) is 0.877. The summed E-state index contributed by atoms with van der Waals surface area (Å²) in [5.74, 6) is -6.87. The van der Waals surface area contributed by atoms with E-state index >= 15 is 0 Å². The molecule has 0 aliphatic heterocycles. The van der Waals surface area contributed by atoms with Crippen molar-refractivity contribution in [2.24, 2.45) is 5.92 Å². The summed E-state index contributed by atoms with van der Waals surface area (Å²) < 4.78 is 5.20. The van der Waals surface area contributed by atoms with Gasteiger partial charge in [0.1, 0.15) is 29.8 Å². The Bertz CT molecular complexity index is 1820. The Morgan fingerprint density at radius 1 is 0.843 bits per heavy atom. The van der Waals surface area contributed by atoms with Crippen molar-refractivity contribution in [3.63, 3.8) is 0 Å². The number of anilines is 1. The van der Waals surface area contributed by atoms with Crippen LogP contribution < -0.4 is 32.2 Å². The Hall–Kier alpha value is -6.07. The van der Waals surface area contributed by atoms with Crippen LogP contribution in [-0.4, -0.2) is 85.8 Å². The highest BCUT2D eigenvalue weighted by Crippen LogP contribution is 2.21. The standard InChI is InChI=1S/C33H41N7O11/c1-16(2)9-23(36-18(4)41)32(49)38-22(7-8-27(42)43)30(47)39-24(11-20-14-34-15-35-20)33(50)40-25(13-28(44)45)31(48)37-19-5-6-21-17(3)10-29(46)51-26(21)12-19/h5-6,10,12,14-16,22-25H,7-9,11,13H2,1-4H3,(H,34,35)(H,36,41)(H,37,48)(H,38,49)(H,39,47)(H,40,50)(H,42,43)(H,44,45)/t22-,23-,24+,25+/m1/s1. The number of carboxylic acid groups (broad SMARTS) is 2. The van der Waals surface area contributed by atoms with E-state index < -0.39 is 84.1 Å². The van der Waals surface area contributed by atoms with Gasteiger partial charge in [0.2, 0.25) is 29.5 Å². The highest BCUT2D eigenvalue weighted by Gasteiger charge is 2.33. The summed E-state index contributed by atoms with van der Waals surface area (Å²) >= 11 is 0. The fraction of sp³-hybridized carbons (Fsp3) is 0.424. The Balaban J connectivity index is 1.85. The van der Waals surface area contributed by atoms with E-state index in [-0.39, 0.29) is 36.5 Å². The molecular weight excluding hydrogens is 670 g/mol. The minimum atomic E-state index is -1.66. The third kappa shape index (κ3) is 12.4. The molecule has 1 aromatic carbocycles. The molecule has 18 heteroatoms. The number of aromatic amines is 1. The molecule has 51 heavy (non-hydrogen) atoms. The zero-order chi connectivity index (χ0) is 37.8. The van der Waals surface area contributed by atoms with Crippen LogP contribution in [0.3, 0.4) is 0 Å². The molecule has 0 spiro atoms. The number of nitrogens with one attached hydrogen (secondary N) is 6. The van der Waals surface area contributed by atoms with Crippen molar-refractivity contribution in [3.8, 4) is 0 Å². The van der Waals surface area contributed by atoms with Crippen LogP contribution in [0.2, 0.25) is 0 Å². The lowest BCUT2D eigenvalue weighted by molar-refractivity contribution is -0.140. The number of imidazole rings is 1. The number of rotatable bonds is 18. The number of aliphatic carboxylic acids is 2. The number of amides is 5. The molecule has 0 bridgehead atoms. The summed E-state index contributed by atoms with van der Waals surface area (Å²) in [4.78, 5) is 107. The molecule has 4 atom stereocenters. The van der Waals surface area contributed by atoms with E-state index in [1.54, 1.807) is 13.0 Å². The van der Waals surface area contributed by atoms with Crippen LogP contribution in [0.25, 0.3) is 11.0 Å². The van der Waals surface area contributed by atoms with Crippen LogP contribution in [0.1, 0.15) is 57.7 Å². The molecule has 0 radical (unpaired) electrons. The number of hydrogen-bond donors (Lipinski definition) is 8. The number of H-pyrrole nitrogens is 1. The van der Waals surface area contributed by atoms with Crippen molar-refractivity contribution in [1.82, 2.24) is 31.2 Å². The van der Waals surface area contributed by atoms with Crippen molar-refractivity contribution in [1.29, 1.82) is 0 Å². The van der Waals surface area contributed by atoms with Gasteiger partial charge in [-0.15, -0.1) is 0 Å². The highest BCUT2D eigenvalue weighted by molar-refractivity contribution is 6.01. The van der Waals surface area contributed by atoms with Gasteiger partial charge in [0, 0.05) is 54.9 Å². The van der Waals surface area contributed by atoms with Crippen molar-refractivity contribution in [3.05, 3.63) is 58.5 Å². The Morgan fingerprint density at radius 2 is 1.49 bits per heavy atom. The molecule has 5 amide bonds. The molecule has 0 aliphatic rings. The van der Waals surface area contributed by atoms with Crippen molar-refractivity contribution < 1.29 is 48.2 Å². The largest absolute Gasteiger partial charge is 0.481 e. The molecule has 3 aromatic rings. The number of aromatic nitrogens is 2. The van der Waals surface area contributed by atoms with E-state index in [1.807, 2.05) is 13.8 Å². The smallest absolute Gasteiger partial charge is 0.336 e. The van der Waals surface area contributed by atoms with Crippen LogP contribution >= 0.6 is 0 Å². The number of fused-ring (bicyclic) bond motifs is 1. The Morgan fingerprint density at radius 3 is 2.10 bits per heavy atom. The minimum Gasteiger partial charge on any atom is -0.481 e. The second-order valence-electron chi connectivity index (χ2n) is 12.3. The lowest BCUT2D eigenvalue weighted by Crippen LogP contribution is -2.58. The Kier molecular flexibility index (Phi) is 14.0. The van der Waals surface area contributed by atoms with Gasteiger partial charge in [-0.25, -0.2) is 9.78 Å². The maximum Gasteiger partial charge on any atom is 0.336 e. The first-order valence-electron chi connectivity index (χ1n) is 16.0. The quantitative estimate of drug-likeness (QED) is 0.0830. The molecule has 8 N–H and O–H groups in total. The number of carbonyl (C=O) groups is 7. The third-order valence-corrected chi connectivity index (χ3v) is 7.52. The average molecular weight is 712 g/mol. The van der Waals surface area contributed by atoms with Gasteiger partial charge in [0.05, 0.1) is 12.7 Å². The summed E-state index contributed by atoms with van der Waals surface area (Å²) in [7, 11) is 0. The first-order chi connectivity index (χ1) is 24.0. The maximum absolute atomic E-state index is 13.7. The first-order valence-corrected chi connectivity index (χ1v) is 16.0. The van der Waals surface area contributed by atoms with Gasteiger partial charge >= 0.3 is 17.6 Å². The van der Waals surface area contributed by atoms with Gasteiger partial charge < -0.3 is 46.2 Å². The van der Waals surface area contributed by atoms with Crippen LogP contribution in [0, 0.1) is 12.8 Å². The van der Waals surface area contributed by atoms with E-state index in [0.29, 0.717) is 16.6 Å². The van der Waals surface area contributed by atoms with Crippen LogP contribution in [0.15, 0.2) is 46.0 Å². The first kappa shape index (κ1) is 39.4. The second-order valence-corrected chi connectivity index (χ2v) is 12.3. The Labute approximate surface area is 291 Å². The molecule has 274 valence electrons. The van der Waals surface area contributed by atoms with Gasteiger partial charge in [0.15, 0.2) is 0 Å². The van der Waals surface area contributed by atoms with Crippen LogP contribution in [0.5, 0.6) is 0 Å². The van der Waals surface area contributed by atoms with E-state index in [1.165, 1.54) is 37.6 Å². The fourth-order valence-electron chi connectivity index (χ4n) is 5.14. The molecule has 0 unspecified atom stereocenters. The molecule has 0 saturated carbocycles. The summed E-state index contributed by atoms with van der Waals surface area (Å²) in [6, 6.07) is 0.107. The van der Waals surface area contributed by atoms with Gasteiger partial charge in [-0.2, -0.15) is 0 Å². The second kappa shape index (κ2) is 18.1. The normalized spacial score (nSPS) is 13.4. The molecule has 2 aromatic heterocycles. The average Bonchev–Trinajstić information content (AvgIpc) is 3.54. The van der Waals surface area contributed by atoms with Crippen molar-refractivity contribution in [2.45, 2.75) is 84.0 Å². The number of benzene rings is 1. The van der Waals surface area contributed by atoms with Gasteiger partial charge in [-0.05, 0) is 43.4 Å². The monoisotopic (exact) mass is 711 g/mol. The third-order valence-electron chi connectivity index (χ3n) is 7.52. The van der Waals surface area contributed by atoms with Gasteiger partial charge in [-0.1, -0.05) is 13.8 Å². The number of nitrogens with zero attached hydrogens (tertiary/aromatic N) is 1. The number of aryl methyl sites for hydroxylation is 1. The molecule has 2 heterocycles. The van der Waals surface area contributed by atoms with Crippen molar-refractivity contribution >= 4 is 58.1 Å². The summed E-state index contributed by atoms with van der Waals surface area (Å²) in [6.45, 7) is 6.55. The fourth-order valence-corrected chi connectivity index (χ4v) is 5.14. The SMILES string of the molecule is CC(=O)N[C@H](CC(C)C)C(=O)N[C@H](CCC(=O)O)C(=O)N[C@@H](Cc1cnc[nH]1)C(=O)N[C@@H](CC(=O)O)C(=O)Nc1ccc2c(C)cc(=O)oc2c1. The molecule has 0 fully saturated rings. The highest BCUT2D eigenvalue weighted by atomic mass is 16.4.